The molecule has 8 heteroatoms. The van der Waals surface area contributed by atoms with Gasteiger partial charge in [0.15, 0.2) is 0 Å². The molecule has 23 heavy (non-hydrogen) atoms. The Labute approximate surface area is 130 Å². The zero-order valence-electron chi connectivity index (χ0n) is 11.7. The van der Waals surface area contributed by atoms with Crippen LogP contribution in [0.15, 0.2) is 42.6 Å². The van der Waals surface area contributed by atoms with Crippen molar-refractivity contribution in [2.24, 2.45) is 0 Å². The SMILES string of the molecule is N#CC(=CNc1ccc2ccccc2c1C(=O)O)c1nn[nH]n1. The number of hydrogen-bond donors (Lipinski definition) is 3. The number of anilines is 1. The lowest BCUT2D eigenvalue weighted by molar-refractivity contribution is 0.0700. The molecule has 0 amide bonds. The Kier molecular flexibility index (Phi) is 3.68. The van der Waals surface area contributed by atoms with Gasteiger partial charge >= 0.3 is 5.97 Å². The van der Waals surface area contributed by atoms with E-state index in [2.05, 4.69) is 25.9 Å². The van der Waals surface area contributed by atoms with Crippen molar-refractivity contribution < 1.29 is 9.90 Å². The number of allylic oxidation sites excluding steroid dienone is 1. The summed E-state index contributed by atoms with van der Waals surface area (Å²) in [6, 6.07) is 12.6. The number of tetrazole rings is 1. The second kappa shape index (κ2) is 5.95. The molecule has 1 aromatic heterocycles. The maximum Gasteiger partial charge on any atom is 0.338 e. The summed E-state index contributed by atoms with van der Waals surface area (Å²) in [6.07, 6.45) is 1.35. The number of carbonyl (C=O) groups is 1. The predicted octanol–water partition coefficient (Wildman–Crippen LogP) is 2.03. The van der Waals surface area contributed by atoms with Crippen LogP contribution in [0.4, 0.5) is 5.69 Å². The van der Waals surface area contributed by atoms with Crippen LogP contribution in [0.1, 0.15) is 16.2 Å². The molecule has 0 aliphatic rings. The van der Waals surface area contributed by atoms with E-state index in [1.165, 1.54) is 6.20 Å². The number of fused-ring (bicyclic) bond motifs is 1. The molecule has 1 heterocycles. The molecule has 0 aliphatic carbocycles. The summed E-state index contributed by atoms with van der Waals surface area (Å²) < 4.78 is 0. The van der Waals surface area contributed by atoms with Gasteiger partial charge in [0.05, 0.1) is 11.3 Å². The predicted molar refractivity (Wildman–Crippen MR) is 82.3 cm³/mol. The zero-order valence-corrected chi connectivity index (χ0v) is 11.7. The smallest absolute Gasteiger partial charge is 0.338 e. The Bertz CT molecular complexity index is 940. The lowest BCUT2D eigenvalue weighted by atomic mass is 10.0. The van der Waals surface area contributed by atoms with Crippen molar-refractivity contribution in [3.05, 3.63) is 54.0 Å². The van der Waals surface area contributed by atoms with Crippen molar-refractivity contribution in [2.75, 3.05) is 5.32 Å². The number of hydrogen-bond acceptors (Lipinski definition) is 6. The third-order valence-corrected chi connectivity index (χ3v) is 3.22. The summed E-state index contributed by atoms with van der Waals surface area (Å²) in [5, 5.41) is 36.0. The Morgan fingerprint density at radius 1 is 1.30 bits per heavy atom. The molecular weight excluding hydrogens is 296 g/mol. The second-order valence-corrected chi connectivity index (χ2v) is 4.56. The van der Waals surface area contributed by atoms with E-state index in [0.29, 0.717) is 11.1 Å². The largest absolute Gasteiger partial charge is 0.478 e. The van der Waals surface area contributed by atoms with Gasteiger partial charge in [0.2, 0.25) is 5.82 Å². The minimum absolute atomic E-state index is 0.123. The Balaban J connectivity index is 2.05. The van der Waals surface area contributed by atoms with Crippen LogP contribution in [0.25, 0.3) is 16.3 Å². The molecule has 0 fully saturated rings. The van der Waals surface area contributed by atoms with Crippen LogP contribution in [0.5, 0.6) is 0 Å². The van der Waals surface area contributed by atoms with Crippen LogP contribution >= 0.6 is 0 Å². The summed E-state index contributed by atoms with van der Waals surface area (Å²) in [7, 11) is 0. The molecule has 0 radical (unpaired) electrons. The molecule has 2 aromatic carbocycles. The number of rotatable bonds is 4. The van der Waals surface area contributed by atoms with Crippen molar-refractivity contribution in [1.29, 1.82) is 5.26 Å². The average Bonchev–Trinajstić information content (AvgIpc) is 3.09. The minimum Gasteiger partial charge on any atom is -0.478 e. The number of aromatic amines is 1. The molecule has 0 saturated carbocycles. The first kappa shape index (κ1) is 14.2. The van der Waals surface area contributed by atoms with Crippen LogP contribution in [-0.2, 0) is 0 Å². The van der Waals surface area contributed by atoms with Crippen molar-refractivity contribution in [1.82, 2.24) is 20.6 Å². The van der Waals surface area contributed by atoms with Gasteiger partial charge in [-0.2, -0.15) is 10.5 Å². The number of carboxylic acids is 1. The van der Waals surface area contributed by atoms with Gasteiger partial charge in [-0.05, 0) is 22.1 Å². The van der Waals surface area contributed by atoms with Crippen molar-refractivity contribution >= 4 is 28.0 Å². The number of nitrogens with zero attached hydrogens (tertiary/aromatic N) is 4. The highest BCUT2D eigenvalue weighted by atomic mass is 16.4. The van der Waals surface area contributed by atoms with Crippen LogP contribution in [0, 0.1) is 11.3 Å². The summed E-state index contributed by atoms with van der Waals surface area (Å²) >= 11 is 0. The molecule has 0 spiro atoms. The second-order valence-electron chi connectivity index (χ2n) is 4.56. The quantitative estimate of drug-likeness (QED) is 0.629. The molecule has 8 nitrogen and oxygen atoms in total. The number of aromatic nitrogens is 4. The van der Waals surface area contributed by atoms with Crippen LogP contribution in [0.2, 0.25) is 0 Å². The highest BCUT2D eigenvalue weighted by molar-refractivity contribution is 6.08. The normalized spacial score (nSPS) is 11.2. The van der Waals surface area contributed by atoms with E-state index in [-0.39, 0.29) is 17.0 Å². The maximum absolute atomic E-state index is 11.6. The third kappa shape index (κ3) is 2.71. The average molecular weight is 306 g/mol. The van der Waals surface area contributed by atoms with Gasteiger partial charge in [-0.15, -0.1) is 10.2 Å². The summed E-state index contributed by atoms with van der Waals surface area (Å²) in [6.45, 7) is 0. The molecule has 0 saturated heterocycles. The van der Waals surface area contributed by atoms with Gasteiger partial charge < -0.3 is 10.4 Å². The number of nitrogens with one attached hydrogen (secondary N) is 2. The number of nitriles is 1. The third-order valence-electron chi connectivity index (χ3n) is 3.22. The van der Waals surface area contributed by atoms with Gasteiger partial charge in [0.25, 0.3) is 0 Å². The molecule has 0 unspecified atom stereocenters. The number of H-pyrrole nitrogens is 1. The standard InChI is InChI=1S/C15H10N6O2/c16-7-10(14-18-20-21-19-14)8-17-12-6-5-9-3-1-2-4-11(9)13(12)15(22)23/h1-6,8,17H,(H,22,23)(H,18,19,20,21). The molecule has 3 aromatic rings. The first-order valence-corrected chi connectivity index (χ1v) is 6.56. The number of benzene rings is 2. The summed E-state index contributed by atoms with van der Waals surface area (Å²) in [5.74, 6) is -0.937. The number of carboxylic acid groups (broad SMARTS) is 1. The molecule has 0 bridgehead atoms. The van der Waals surface area contributed by atoms with Gasteiger partial charge in [0.1, 0.15) is 11.6 Å². The van der Waals surface area contributed by atoms with E-state index < -0.39 is 5.97 Å². The maximum atomic E-state index is 11.6. The van der Waals surface area contributed by atoms with Crippen molar-refractivity contribution in [2.45, 2.75) is 0 Å². The molecule has 112 valence electrons. The monoisotopic (exact) mass is 306 g/mol. The number of aromatic carboxylic acids is 1. The fourth-order valence-electron chi connectivity index (χ4n) is 2.19. The molecule has 0 aliphatic heterocycles. The van der Waals surface area contributed by atoms with Crippen molar-refractivity contribution in [3.63, 3.8) is 0 Å². The Morgan fingerprint density at radius 2 is 2.13 bits per heavy atom. The van der Waals surface area contributed by atoms with Gasteiger partial charge in [-0.25, -0.2) is 4.79 Å². The first-order chi connectivity index (χ1) is 11.2. The lowest BCUT2D eigenvalue weighted by Crippen LogP contribution is -2.04. The highest BCUT2D eigenvalue weighted by Crippen LogP contribution is 2.26. The fourth-order valence-corrected chi connectivity index (χ4v) is 2.19. The van der Waals surface area contributed by atoms with Crippen LogP contribution < -0.4 is 5.32 Å². The van der Waals surface area contributed by atoms with Gasteiger partial charge in [-0.1, -0.05) is 30.3 Å². The highest BCUT2D eigenvalue weighted by Gasteiger charge is 2.14. The Morgan fingerprint density at radius 3 is 2.83 bits per heavy atom. The summed E-state index contributed by atoms with van der Waals surface area (Å²) in [5.41, 5.74) is 0.625. The first-order valence-electron chi connectivity index (χ1n) is 6.56. The van der Waals surface area contributed by atoms with Crippen molar-refractivity contribution in [3.8, 4) is 6.07 Å². The van der Waals surface area contributed by atoms with Crippen LogP contribution in [-0.4, -0.2) is 31.7 Å². The zero-order chi connectivity index (χ0) is 16.2. The van der Waals surface area contributed by atoms with E-state index in [9.17, 15) is 9.90 Å². The molecular formula is C15H10N6O2. The fraction of sp³-hybridized carbons (Fsp3) is 0. The lowest BCUT2D eigenvalue weighted by Gasteiger charge is -2.09. The molecule has 0 atom stereocenters. The van der Waals surface area contributed by atoms with E-state index in [0.717, 1.165) is 5.39 Å². The van der Waals surface area contributed by atoms with Gasteiger partial charge in [0, 0.05) is 6.20 Å². The molecule has 3 rings (SSSR count). The summed E-state index contributed by atoms with van der Waals surface area (Å²) in [4.78, 5) is 11.6. The topological polar surface area (TPSA) is 128 Å². The molecule has 3 N–H and O–H groups in total. The Hall–Kier alpha value is -3.73. The van der Waals surface area contributed by atoms with E-state index in [1.54, 1.807) is 24.3 Å². The van der Waals surface area contributed by atoms with Crippen LogP contribution in [0.3, 0.4) is 0 Å². The van der Waals surface area contributed by atoms with Gasteiger partial charge in [-0.3, -0.25) is 0 Å². The van der Waals surface area contributed by atoms with E-state index >= 15 is 0 Å². The van der Waals surface area contributed by atoms with E-state index in [4.69, 9.17) is 5.26 Å². The van der Waals surface area contributed by atoms with E-state index in [1.807, 2.05) is 18.2 Å². The minimum atomic E-state index is -1.06.